The third-order valence-corrected chi connectivity index (χ3v) is 2.87. The van der Waals surface area contributed by atoms with Crippen LogP contribution in [0.4, 0.5) is 4.79 Å². The highest BCUT2D eigenvalue weighted by Crippen LogP contribution is 2.24. The predicted octanol–water partition coefficient (Wildman–Crippen LogP) is 0.363. The van der Waals surface area contributed by atoms with E-state index in [1.54, 1.807) is 0 Å². The van der Waals surface area contributed by atoms with E-state index >= 15 is 0 Å². The van der Waals surface area contributed by atoms with Gasteiger partial charge in [0.25, 0.3) is 0 Å². The number of likely N-dealkylation sites (N-methyl/N-ethyl adjacent to an activating group) is 1. The van der Waals surface area contributed by atoms with Crippen LogP contribution in [0.1, 0.15) is 12.8 Å². The van der Waals surface area contributed by atoms with Crippen molar-refractivity contribution < 1.29 is 14.7 Å². The number of aliphatic carboxylic acids is 1. The smallest absolute Gasteiger partial charge is 0.323 e. The van der Waals surface area contributed by atoms with Crippen molar-refractivity contribution in [2.24, 2.45) is 0 Å². The minimum absolute atomic E-state index is 0.233. The number of carboxylic acids is 1. The zero-order valence-electron chi connectivity index (χ0n) is 10.8. The molecule has 1 fully saturated rings. The zero-order chi connectivity index (χ0) is 13.5. The number of nitrogens with zero attached hydrogens (tertiary/aromatic N) is 2. The van der Waals surface area contributed by atoms with Crippen LogP contribution >= 0.6 is 0 Å². The Morgan fingerprint density at radius 1 is 1.50 bits per heavy atom. The lowest BCUT2D eigenvalue weighted by Gasteiger charge is -2.21. The summed E-state index contributed by atoms with van der Waals surface area (Å²) in [6, 6.07) is 0.298. The van der Waals surface area contributed by atoms with E-state index in [0.717, 1.165) is 6.54 Å². The van der Waals surface area contributed by atoms with Crippen molar-refractivity contribution in [1.82, 2.24) is 15.1 Å². The summed E-state index contributed by atoms with van der Waals surface area (Å²) in [7, 11) is 2.03. The highest BCUT2D eigenvalue weighted by atomic mass is 16.4. The van der Waals surface area contributed by atoms with Gasteiger partial charge in [-0.05, 0) is 19.9 Å². The SMILES string of the molecule is C=CCN(CC(=O)O)C(=O)NCCN(C)C1CC1. The van der Waals surface area contributed by atoms with Crippen LogP contribution in [0.3, 0.4) is 0 Å². The van der Waals surface area contributed by atoms with Gasteiger partial charge in [0.1, 0.15) is 6.54 Å². The molecule has 6 heteroatoms. The van der Waals surface area contributed by atoms with Gasteiger partial charge in [0.05, 0.1) is 0 Å². The molecule has 0 heterocycles. The highest BCUT2D eigenvalue weighted by Gasteiger charge is 2.25. The molecule has 0 aromatic carbocycles. The molecule has 1 aliphatic carbocycles. The van der Waals surface area contributed by atoms with E-state index in [1.807, 2.05) is 7.05 Å². The maximum absolute atomic E-state index is 11.7. The van der Waals surface area contributed by atoms with Gasteiger partial charge in [-0.2, -0.15) is 0 Å². The number of carbonyl (C=O) groups is 2. The van der Waals surface area contributed by atoms with Crippen LogP contribution in [0.25, 0.3) is 0 Å². The van der Waals surface area contributed by atoms with Crippen molar-refractivity contribution in [3.05, 3.63) is 12.7 Å². The first kappa shape index (κ1) is 14.5. The molecule has 0 aromatic rings. The van der Waals surface area contributed by atoms with Crippen molar-refractivity contribution in [2.75, 3.05) is 33.2 Å². The fourth-order valence-corrected chi connectivity index (χ4v) is 1.69. The van der Waals surface area contributed by atoms with Gasteiger partial charge in [-0.15, -0.1) is 6.58 Å². The average Bonchev–Trinajstić information content (AvgIpc) is 3.11. The summed E-state index contributed by atoms with van der Waals surface area (Å²) in [6.07, 6.45) is 3.97. The monoisotopic (exact) mass is 255 g/mol. The molecule has 0 unspecified atom stereocenters. The first-order valence-electron chi connectivity index (χ1n) is 6.10. The Hall–Kier alpha value is -1.56. The largest absolute Gasteiger partial charge is 0.480 e. The van der Waals surface area contributed by atoms with E-state index in [2.05, 4.69) is 16.8 Å². The molecule has 0 radical (unpaired) electrons. The van der Waals surface area contributed by atoms with Crippen LogP contribution in [0.15, 0.2) is 12.7 Å². The minimum Gasteiger partial charge on any atom is -0.480 e. The fraction of sp³-hybridized carbons (Fsp3) is 0.667. The van der Waals surface area contributed by atoms with Crippen molar-refractivity contribution in [3.63, 3.8) is 0 Å². The fourth-order valence-electron chi connectivity index (χ4n) is 1.69. The maximum atomic E-state index is 11.7. The summed E-state index contributed by atoms with van der Waals surface area (Å²) >= 11 is 0. The number of nitrogens with one attached hydrogen (secondary N) is 1. The number of urea groups is 1. The number of hydrogen-bond acceptors (Lipinski definition) is 3. The van der Waals surface area contributed by atoms with Gasteiger partial charge in [-0.3, -0.25) is 4.79 Å². The Labute approximate surface area is 107 Å². The molecule has 1 rings (SSSR count). The van der Waals surface area contributed by atoms with Gasteiger partial charge in [0.15, 0.2) is 0 Å². The normalized spacial score (nSPS) is 14.3. The Morgan fingerprint density at radius 3 is 2.67 bits per heavy atom. The Kier molecular flexibility index (Phi) is 5.64. The lowest BCUT2D eigenvalue weighted by molar-refractivity contribution is -0.137. The summed E-state index contributed by atoms with van der Waals surface area (Å²) < 4.78 is 0. The van der Waals surface area contributed by atoms with E-state index in [0.29, 0.717) is 12.6 Å². The van der Waals surface area contributed by atoms with Crippen LogP contribution in [-0.2, 0) is 4.79 Å². The third-order valence-electron chi connectivity index (χ3n) is 2.87. The second-order valence-electron chi connectivity index (χ2n) is 4.51. The van der Waals surface area contributed by atoms with Gasteiger partial charge >= 0.3 is 12.0 Å². The lowest BCUT2D eigenvalue weighted by atomic mass is 10.4. The van der Waals surface area contributed by atoms with Crippen LogP contribution in [-0.4, -0.2) is 66.2 Å². The molecule has 1 saturated carbocycles. The number of carboxylic acid groups (broad SMARTS) is 1. The second kappa shape index (κ2) is 7.00. The van der Waals surface area contributed by atoms with Gasteiger partial charge in [0, 0.05) is 25.7 Å². The maximum Gasteiger partial charge on any atom is 0.323 e. The topological polar surface area (TPSA) is 72.9 Å². The molecular weight excluding hydrogens is 234 g/mol. The molecule has 1 aliphatic rings. The standard InChI is InChI=1S/C12H21N3O3/c1-3-7-15(9-11(16)17)12(18)13-6-8-14(2)10-4-5-10/h3,10H,1,4-9H2,2H3,(H,13,18)(H,16,17). The molecule has 18 heavy (non-hydrogen) atoms. The first-order chi connectivity index (χ1) is 8.54. The average molecular weight is 255 g/mol. The Bertz CT molecular complexity index is 316. The Balaban J connectivity index is 2.26. The van der Waals surface area contributed by atoms with Gasteiger partial charge in [-0.1, -0.05) is 6.08 Å². The van der Waals surface area contributed by atoms with Crippen LogP contribution in [0.5, 0.6) is 0 Å². The highest BCUT2D eigenvalue weighted by molar-refractivity contribution is 5.80. The molecule has 102 valence electrons. The van der Waals surface area contributed by atoms with Gasteiger partial charge < -0.3 is 20.2 Å². The van der Waals surface area contributed by atoms with E-state index in [4.69, 9.17) is 5.11 Å². The quantitative estimate of drug-likeness (QED) is 0.614. The second-order valence-corrected chi connectivity index (χ2v) is 4.51. The molecule has 2 N–H and O–H groups in total. The van der Waals surface area contributed by atoms with Crippen molar-refractivity contribution in [1.29, 1.82) is 0 Å². The van der Waals surface area contributed by atoms with E-state index < -0.39 is 5.97 Å². The number of rotatable bonds is 8. The molecule has 2 amide bonds. The molecule has 0 bridgehead atoms. The van der Waals surface area contributed by atoms with Crippen molar-refractivity contribution in [2.45, 2.75) is 18.9 Å². The summed E-state index contributed by atoms with van der Waals surface area (Å²) in [6.45, 7) is 4.74. The molecule has 0 spiro atoms. The lowest BCUT2D eigenvalue weighted by Crippen LogP contribution is -2.45. The van der Waals surface area contributed by atoms with Crippen LogP contribution < -0.4 is 5.32 Å². The molecule has 6 nitrogen and oxygen atoms in total. The van der Waals surface area contributed by atoms with E-state index in [1.165, 1.54) is 23.8 Å². The number of amides is 2. The summed E-state index contributed by atoms with van der Waals surface area (Å²) in [4.78, 5) is 25.7. The zero-order valence-corrected chi connectivity index (χ0v) is 10.8. The molecule has 0 aliphatic heterocycles. The van der Waals surface area contributed by atoms with Gasteiger partial charge in [-0.25, -0.2) is 4.79 Å². The summed E-state index contributed by atoms with van der Waals surface area (Å²) in [5, 5.41) is 11.4. The Morgan fingerprint density at radius 2 is 2.17 bits per heavy atom. The van der Waals surface area contributed by atoms with Crippen molar-refractivity contribution in [3.8, 4) is 0 Å². The first-order valence-corrected chi connectivity index (χ1v) is 6.10. The van der Waals surface area contributed by atoms with Crippen molar-refractivity contribution >= 4 is 12.0 Å². The van der Waals surface area contributed by atoms with E-state index in [-0.39, 0.29) is 19.1 Å². The summed E-state index contributed by atoms with van der Waals surface area (Å²) in [5.41, 5.74) is 0. The van der Waals surface area contributed by atoms with Gasteiger partial charge in [0.2, 0.25) is 0 Å². The molecule has 0 aromatic heterocycles. The minimum atomic E-state index is -1.03. The van der Waals surface area contributed by atoms with E-state index in [9.17, 15) is 9.59 Å². The molecule has 0 atom stereocenters. The molecular formula is C12H21N3O3. The number of carbonyl (C=O) groups excluding carboxylic acids is 1. The number of hydrogen-bond donors (Lipinski definition) is 2. The van der Waals surface area contributed by atoms with Crippen LogP contribution in [0.2, 0.25) is 0 Å². The third kappa shape index (κ3) is 5.18. The molecule has 0 saturated heterocycles. The van der Waals surface area contributed by atoms with Crippen LogP contribution in [0, 0.1) is 0 Å². The summed E-state index contributed by atoms with van der Waals surface area (Å²) in [5.74, 6) is -1.03. The predicted molar refractivity (Wildman–Crippen MR) is 68.5 cm³/mol.